The van der Waals surface area contributed by atoms with E-state index in [0.717, 1.165) is 11.4 Å². The number of nitrogens with one attached hydrogen (secondary N) is 2. The number of benzene rings is 2. The summed E-state index contributed by atoms with van der Waals surface area (Å²) in [5, 5.41) is 14.8. The molecular weight excluding hydrogens is 340 g/mol. The minimum atomic E-state index is -0.232. The molecule has 0 aliphatic heterocycles. The lowest BCUT2D eigenvalue weighted by Gasteiger charge is -2.09. The zero-order chi connectivity index (χ0) is 19.1. The Morgan fingerprint density at radius 2 is 1.78 bits per heavy atom. The summed E-state index contributed by atoms with van der Waals surface area (Å²) in [7, 11) is 0. The van der Waals surface area contributed by atoms with E-state index in [9.17, 15) is 4.79 Å². The maximum Gasteiger partial charge on any atom is 0.255 e. The molecule has 0 unspecified atom stereocenters. The van der Waals surface area contributed by atoms with E-state index in [2.05, 4.69) is 21.7 Å². The zero-order valence-electron chi connectivity index (χ0n) is 14.8. The molecule has 0 saturated heterocycles. The van der Waals surface area contributed by atoms with Crippen molar-refractivity contribution in [2.24, 2.45) is 0 Å². The van der Waals surface area contributed by atoms with Crippen molar-refractivity contribution in [2.45, 2.75) is 6.92 Å². The number of pyridine rings is 1. The fraction of sp³-hybridized carbons (Fsp3) is 0.0952. The number of aromatic nitrogens is 1. The molecule has 0 bridgehead atoms. The molecule has 0 radical (unpaired) electrons. The molecule has 0 fully saturated rings. The number of rotatable bonds is 6. The van der Waals surface area contributed by atoms with Crippen molar-refractivity contribution in [3.63, 3.8) is 0 Å². The third-order valence-corrected chi connectivity index (χ3v) is 3.73. The first kappa shape index (κ1) is 18.0. The van der Waals surface area contributed by atoms with Gasteiger partial charge in [-0.3, -0.25) is 4.79 Å². The van der Waals surface area contributed by atoms with Crippen molar-refractivity contribution in [2.75, 3.05) is 17.2 Å². The highest BCUT2D eigenvalue weighted by molar-refractivity contribution is 6.04. The van der Waals surface area contributed by atoms with E-state index in [1.807, 2.05) is 19.1 Å². The minimum Gasteiger partial charge on any atom is -0.494 e. The molecule has 0 aliphatic carbocycles. The van der Waals surface area contributed by atoms with Crippen molar-refractivity contribution < 1.29 is 9.53 Å². The van der Waals surface area contributed by atoms with Crippen LogP contribution in [0, 0.1) is 11.3 Å². The van der Waals surface area contributed by atoms with Gasteiger partial charge in [0.25, 0.3) is 5.91 Å². The van der Waals surface area contributed by atoms with Gasteiger partial charge in [-0.1, -0.05) is 0 Å². The van der Waals surface area contributed by atoms with Crippen LogP contribution in [0.1, 0.15) is 22.8 Å². The van der Waals surface area contributed by atoms with E-state index in [-0.39, 0.29) is 5.91 Å². The molecule has 6 heteroatoms. The fourth-order valence-electron chi connectivity index (χ4n) is 2.42. The van der Waals surface area contributed by atoms with E-state index in [4.69, 9.17) is 10.00 Å². The quantitative estimate of drug-likeness (QED) is 0.684. The van der Waals surface area contributed by atoms with Gasteiger partial charge in [0.05, 0.1) is 18.2 Å². The average Bonchev–Trinajstić information content (AvgIpc) is 2.70. The van der Waals surface area contributed by atoms with Gasteiger partial charge in [-0.05, 0) is 67.6 Å². The van der Waals surface area contributed by atoms with Crippen LogP contribution in [0.5, 0.6) is 5.75 Å². The summed E-state index contributed by atoms with van der Waals surface area (Å²) in [6.45, 7) is 2.51. The molecule has 3 rings (SSSR count). The van der Waals surface area contributed by atoms with Crippen molar-refractivity contribution in [1.29, 1.82) is 5.26 Å². The molecule has 1 amide bonds. The Bertz CT molecular complexity index is 961. The predicted molar refractivity (Wildman–Crippen MR) is 104 cm³/mol. The van der Waals surface area contributed by atoms with E-state index in [1.54, 1.807) is 54.7 Å². The van der Waals surface area contributed by atoms with Gasteiger partial charge in [0.15, 0.2) is 0 Å². The molecule has 27 heavy (non-hydrogen) atoms. The van der Waals surface area contributed by atoms with Crippen molar-refractivity contribution in [3.8, 4) is 11.8 Å². The van der Waals surface area contributed by atoms with Crippen LogP contribution in [-0.4, -0.2) is 17.5 Å². The Hall–Kier alpha value is -3.85. The summed E-state index contributed by atoms with van der Waals surface area (Å²) in [5.41, 5.74) is 2.53. The molecule has 6 nitrogen and oxygen atoms in total. The second-order valence-electron chi connectivity index (χ2n) is 5.66. The van der Waals surface area contributed by atoms with Crippen molar-refractivity contribution >= 4 is 23.1 Å². The highest BCUT2D eigenvalue weighted by Crippen LogP contribution is 2.19. The monoisotopic (exact) mass is 358 g/mol. The van der Waals surface area contributed by atoms with Gasteiger partial charge in [-0.25, -0.2) is 4.98 Å². The lowest BCUT2D eigenvalue weighted by Crippen LogP contribution is -2.12. The fourth-order valence-corrected chi connectivity index (χ4v) is 2.42. The largest absolute Gasteiger partial charge is 0.494 e. The van der Waals surface area contributed by atoms with Gasteiger partial charge in [0.1, 0.15) is 11.6 Å². The van der Waals surface area contributed by atoms with Gasteiger partial charge in [0.2, 0.25) is 0 Å². The molecular formula is C21H18N4O2. The van der Waals surface area contributed by atoms with Crippen LogP contribution in [-0.2, 0) is 0 Å². The second-order valence-corrected chi connectivity index (χ2v) is 5.66. The van der Waals surface area contributed by atoms with Crippen molar-refractivity contribution in [1.82, 2.24) is 4.98 Å². The number of hydrogen-bond donors (Lipinski definition) is 2. The Kier molecular flexibility index (Phi) is 5.65. The lowest BCUT2D eigenvalue weighted by atomic mass is 10.2. The number of anilines is 3. The normalized spacial score (nSPS) is 9.93. The number of nitrogens with zero attached hydrogens (tertiary/aromatic N) is 2. The number of hydrogen-bond acceptors (Lipinski definition) is 5. The second kappa shape index (κ2) is 8.50. The smallest absolute Gasteiger partial charge is 0.255 e. The summed E-state index contributed by atoms with van der Waals surface area (Å²) in [6.07, 6.45) is 1.57. The Morgan fingerprint density at radius 3 is 2.44 bits per heavy atom. The molecule has 3 aromatic rings. The molecule has 134 valence electrons. The standard InChI is InChI=1S/C21H18N4O2/c1-2-27-19-9-7-18(8-10-19)25-21(26)16-11-12-23-20(13-16)24-17-5-3-15(14-22)4-6-17/h3-13H,2H2,1H3,(H,23,24)(H,25,26). The van der Waals surface area contributed by atoms with Crippen LogP contribution in [0.15, 0.2) is 66.9 Å². The zero-order valence-corrected chi connectivity index (χ0v) is 14.8. The summed E-state index contributed by atoms with van der Waals surface area (Å²) in [6, 6.07) is 19.6. The molecule has 0 spiro atoms. The van der Waals surface area contributed by atoms with Crippen LogP contribution in [0.3, 0.4) is 0 Å². The van der Waals surface area contributed by atoms with E-state index < -0.39 is 0 Å². The maximum absolute atomic E-state index is 12.5. The lowest BCUT2D eigenvalue weighted by molar-refractivity contribution is 0.102. The third kappa shape index (κ3) is 4.83. The summed E-state index contributed by atoms with van der Waals surface area (Å²) in [4.78, 5) is 16.7. The Balaban J connectivity index is 1.68. The van der Waals surface area contributed by atoms with Crippen molar-refractivity contribution in [3.05, 3.63) is 78.0 Å². The van der Waals surface area contributed by atoms with Gasteiger partial charge < -0.3 is 15.4 Å². The summed E-state index contributed by atoms with van der Waals surface area (Å²) in [5.74, 6) is 1.07. The number of carbonyl (C=O) groups excluding carboxylic acids is 1. The average molecular weight is 358 g/mol. The van der Waals surface area contributed by atoms with E-state index >= 15 is 0 Å². The first-order valence-electron chi connectivity index (χ1n) is 8.45. The summed E-state index contributed by atoms with van der Waals surface area (Å²) < 4.78 is 5.39. The number of ether oxygens (including phenoxy) is 1. The Morgan fingerprint density at radius 1 is 1.07 bits per heavy atom. The number of carbonyl (C=O) groups is 1. The third-order valence-electron chi connectivity index (χ3n) is 3.73. The van der Waals surface area contributed by atoms with E-state index in [1.165, 1.54) is 0 Å². The highest BCUT2D eigenvalue weighted by Gasteiger charge is 2.08. The number of nitriles is 1. The first-order valence-corrected chi connectivity index (χ1v) is 8.45. The molecule has 2 N–H and O–H groups in total. The van der Waals surface area contributed by atoms with E-state index in [0.29, 0.717) is 29.2 Å². The molecule has 0 saturated carbocycles. The SMILES string of the molecule is CCOc1ccc(NC(=O)c2ccnc(Nc3ccc(C#N)cc3)c2)cc1. The van der Waals surface area contributed by atoms with Gasteiger partial charge in [-0.2, -0.15) is 5.26 Å². The van der Waals surface area contributed by atoms with Crippen LogP contribution in [0.4, 0.5) is 17.2 Å². The molecule has 1 heterocycles. The van der Waals surface area contributed by atoms with Gasteiger partial charge >= 0.3 is 0 Å². The van der Waals surface area contributed by atoms with Crippen LogP contribution < -0.4 is 15.4 Å². The van der Waals surface area contributed by atoms with Crippen LogP contribution in [0.25, 0.3) is 0 Å². The predicted octanol–water partition coefficient (Wildman–Crippen LogP) is 4.35. The van der Waals surface area contributed by atoms with Gasteiger partial charge in [-0.15, -0.1) is 0 Å². The molecule has 0 atom stereocenters. The molecule has 1 aromatic heterocycles. The number of amides is 1. The molecule has 2 aromatic carbocycles. The van der Waals surface area contributed by atoms with Crippen LogP contribution in [0.2, 0.25) is 0 Å². The van der Waals surface area contributed by atoms with Crippen LogP contribution >= 0.6 is 0 Å². The first-order chi connectivity index (χ1) is 13.2. The molecule has 0 aliphatic rings. The summed E-state index contributed by atoms with van der Waals surface area (Å²) >= 11 is 0. The topological polar surface area (TPSA) is 87.0 Å². The Labute approximate surface area is 157 Å². The van der Waals surface area contributed by atoms with Gasteiger partial charge in [0, 0.05) is 23.1 Å². The maximum atomic E-state index is 12.5. The highest BCUT2D eigenvalue weighted by atomic mass is 16.5. The minimum absolute atomic E-state index is 0.232.